The SMILES string of the molecule is CCC#CCOCCCCBr. The first-order valence-corrected chi connectivity index (χ1v) is 5.13. The molecule has 0 N–H and O–H groups in total. The van der Waals surface area contributed by atoms with Crippen molar-refractivity contribution in [3.8, 4) is 11.8 Å². The molecule has 0 rings (SSSR count). The molecule has 64 valence electrons. The van der Waals surface area contributed by atoms with E-state index in [0.717, 1.165) is 24.8 Å². The third-order valence-electron chi connectivity index (χ3n) is 1.15. The smallest absolute Gasteiger partial charge is 0.107 e. The number of ether oxygens (including phenoxy) is 1. The van der Waals surface area contributed by atoms with E-state index in [-0.39, 0.29) is 0 Å². The van der Waals surface area contributed by atoms with Crippen LogP contribution in [0.15, 0.2) is 0 Å². The Morgan fingerprint density at radius 3 is 2.73 bits per heavy atom. The molecule has 1 nitrogen and oxygen atoms in total. The topological polar surface area (TPSA) is 9.23 Å². The Hall–Kier alpha value is 0. The molecule has 0 aromatic rings. The standard InChI is InChI=1S/C9H15BrO/c1-2-3-5-8-11-9-6-4-7-10/h2,4,6-9H2,1H3. The zero-order valence-corrected chi connectivity index (χ0v) is 8.61. The summed E-state index contributed by atoms with van der Waals surface area (Å²) in [7, 11) is 0. The minimum atomic E-state index is 0.593. The molecule has 0 aliphatic heterocycles. The van der Waals surface area contributed by atoms with Crippen molar-refractivity contribution < 1.29 is 4.74 Å². The predicted molar refractivity (Wildman–Crippen MR) is 51.9 cm³/mol. The Morgan fingerprint density at radius 1 is 1.27 bits per heavy atom. The van der Waals surface area contributed by atoms with Crippen molar-refractivity contribution in [2.75, 3.05) is 18.5 Å². The lowest BCUT2D eigenvalue weighted by Gasteiger charge is -1.96. The number of hydrogen-bond acceptors (Lipinski definition) is 1. The van der Waals surface area contributed by atoms with Crippen molar-refractivity contribution in [3.05, 3.63) is 0 Å². The Balaban J connectivity index is 2.90. The van der Waals surface area contributed by atoms with Gasteiger partial charge in [-0.2, -0.15) is 0 Å². The van der Waals surface area contributed by atoms with Gasteiger partial charge in [-0.15, -0.1) is 5.92 Å². The van der Waals surface area contributed by atoms with Gasteiger partial charge in [-0.25, -0.2) is 0 Å². The molecule has 0 saturated carbocycles. The first-order valence-electron chi connectivity index (χ1n) is 4.01. The Bertz CT molecular complexity index is 123. The first kappa shape index (κ1) is 11.0. The summed E-state index contributed by atoms with van der Waals surface area (Å²) in [5, 5.41) is 1.07. The average molecular weight is 219 g/mol. The summed E-state index contributed by atoms with van der Waals surface area (Å²) >= 11 is 3.36. The van der Waals surface area contributed by atoms with Crippen molar-refractivity contribution in [1.82, 2.24) is 0 Å². The highest BCUT2D eigenvalue weighted by Crippen LogP contribution is 1.93. The van der Waals surface area contributed by atoms with Gasteiger partial charge in [-0.3, -0.25) is 0 Å². The Morgan fingerprint density at radius 2 is 2.09 bits per heavy atom. The molecule has 0 spiro atoms. The molecular formula is C9H15BrO. The van der Waals surface area contributed by atoms with Crippen LogP contribution in [0.5, 0.6) is 0 Å². The van der Waals surface area contributed by atoms with Crippen LogP contribution < -0.4 is 0 Å². The lowest BCUT2D eigenvalue weighted by atomic mass is 10.4. The maximum absolute atomic E-state index is 5.24. The Labute approximate surface area is 77.6 Å². The van der Waals surface area contributed by atoms with Crippen LogP contribution in [0, 0.1) is 11.8 Å². The third-order valence-corrected chi connectivity index (χ3v) is 1.71. The van der Waals surface area contributed by atoms with Gasteiger partial charge in [0, 0.05) is 18.4 Å². The first-order chi connectivity index (χ1) is 5.41. The summed E-state index contributed by atoms with van der Waals surface area (Å²) < 4.78 is 5.24. The van der Waals surface area contributed by atoms with Crippen LogP contribution in [0.4, 0.5) is 0 Å². The van der Waals surface area contributed by atoms with Gasteiger partial charge in [0.1, 0.15) is 6.61 Å². The van der Waals surface area contributed by atoms with Crippen LogP contribution in [-0.4, -0.2) is 18.5 Å². The van der Waals surface area contributed by atoms with Crippen LogP contribution >= 0.6 is 15.9 Å². The van der Waals surface area contributed by atoms with Gasteiger partial charge >= 0.3 is 0 Å². The van der Waals surface area contributed by atoms with Gasteiger partial charge in [-0.05, 0) is 12.8 Å². The molecule has 0 aromatic heterocycles. The van der Waals surface area contributed by atoms with Crippen molar-refractivity contribution in [2.24, 2.45) is 0 Å². The monoisotopic (exact) mass is 218 g/mol. The van der Waals surface area contributed by atoms with Crippen molar-refractivity contribution >= 4 is 15.9 Å². The molecule has 0 saturated heterocycles. The van der Waals surface area contributed by atoms with Gasteiger partial charge in [0.2, 0.25) is 0 Å². The minimum Gasteiger partial charge on any atom is -0.369 e. The number of unbranched alkanes of at least 4 members (excludes halogenated alkanes) is 1. The quantitative estimate of drug-likeness (QED) is 0.392. The second-order valence-electron chi connectivity index (χ2n) is 2.16. The third kappa shape index (κ3) is 10.0. The van der Waals surface area contributed by atoms with Gasteiger partial charge in [0.25, 0.3) is 0 Å². The molecule has 0 heterocycles. The van der Waals surface area contributed by atoms with Gasteiger partial charge in [0.15, 0.2) is 0 Å². The molecule has 2 heteroatoms. The zero-order valence-electron chi connectivity index (χ0n) is 7.03. The van der Waals surface area contributed by atoms with E-state index in [4.69, 9.17) is 4.74 Å². The number of halogens is 1. The van der Waals surface area contributed by atoms with Gasteiger partial charge in [0.05, 0.1) is 0 Å². The van der Waals surface area contributed by atoms with Crippen LogP contribution in [0.25, 0.3) is 0 Å². The maximum Gasteiger partial charge on any atom is 0.107 e. The zero-order chi connectivity index (χ0) is 8.36. The summed E-state index contributed by atoms with van der Waals surface area (Å²) in [5.74, 6) is 5.88. The molecule has 0 bridgehead atoms. The summed E-state index contributed by atoms with van der Waals surface area (Å²) in [6.45, 7) is 3.47. The Kier molecular flexibility index (Phi) is 10.0. The number of rotatable bonds is 5. The van der Waals surface area contributed by atoms with E-state index in [1.807, 2.05) is 6.92 Å². The second kappa shape index (κ2) is 10.0. The lowest BCUT2D eigenvalue weighted by molar-refractivity contribution is 0.164. The molecule has 0 atom stereocenters. The summed E-state index contributed by atoms with van der Waals surface area (Å²) in [6.07, 6.45) is 3.23. The van der Waals surface area contributed by atoms with E-state index in [1.54, 1.807) is 0 Å². The number of hydrogen-bond donors (Lipinski definition) is 0. The fourth-order valence-electron chi connectivity index (χ4n) is 0.598. The van der Waals surface area contributed by atoms with Crippen LogP contribution in [0.2, 0.25) is 0 Å². The minimum absolute atomic E-state index is 0.593. The van der Waals surface area contributed by atoms with E-state index in [0.29, 0.717) is 6.61 Å². The summed E-state index contributed by atoms with van der Waals surface area (Å²) in [6, 6.07) is 0. The van der Waals surface area contributed by atoms with E-state index < -0.39 is 0 Å². The highest BCUT2D eigenvalue weighted by Gasteiger charge is 1.84. The van der Waals surface area contributed by atoms with Crippen molar-refractivity contribution in [1.29, 1.82) is 0 Å². The van der Waals surface area contributed by atoms with Crippen LogP contribution in [0.1, 0.15) is 26.2 Å². The van der Waals surface area contributed by atoms with Crippen LogP contribution in [0.3, 0.4) is 0 Å². The van der Waals surface area contributed by atoms with E-state index in [1.165, 1.54) is 6.42 Å². The molecule has 11 heavy (non-hydrogen) atoms. The van der Waals surface area contributed by atoms with Crippen LogP contribution in [-0.2, 0) is 4.74 Å². The number of alkyl halides is 1. The molecule has 0 aliphatic carbocycles. The molecule has 0 unspecified atom stereocenters. The van der Waals surface area contributed by atoms with E-state index in [2.05, 4.69) is 27.8 Å². The van der Waals surface area contributed by atoms with E-state index in [9.17, 15) is 0 Å². The second-order valence-corrected chi connectivity index (χ2v) is 2.95. The molecule has 0 amide bonds. The van der Waals surface area contributed by atoms with Crippen molar-refractivity contribution in [2.45, 2.75) is 26.2 Å². The highest BCUT2D eigenvalue weighted by atomic mass is 79.9. The van der Waals surface area contributed by atoms with Gasteiger partial charge < -0.3 is 4.74 Å². The summed E-state index contributed by atoms with van der Waals surface area (Å²) in [5.41, 5.74) is 0. The maximum atomic E-state index is 5.24. The van der Waals surface area contributed by atoms with Gasteiger partial charge in [-0.1, -0.05) is 28.8 Å². The molecule has 0 aromatic carbocycles. The molecule has 0 radical (unpaired) electrons. The van der Waals surface area contributed by atoms with Crippen molar-refractivity contribution in [3.63, 3.8) is 0 Å². The molecule has 0 aliphatic rings. The largest absolute Gasteiger partial charge is 0.369 e. The average Bonchev–Trinajstić information content (AvgIpc) is 2.03. The molecule has 0 fully saturated rings. The molecular weight excluding hydrogens is 204 g/mol. The van der Waals surface area contributed by atoms with E-state index >= 15 is 0 Å². The fraction of sp³-hybridized carbons (Fsp3) is 0.778. The lowest BCUT2D eigenvalue weighted by Crippen LogP contribution is -1.94. The fourth-order valence-corrected chi connectivity index (χ4v) is 0.994. The normalized spacial score (nSPS) is 8.91. The summed E-state index contributed by atoms with van der Waals surface area (Å²) in [4.78, 5) is 0. The highest BCUT2D eigenvalue weighted by molar-refractivity contribution is 9.09. The predicted octanol–water partition coefficient (Wildman–Crippen LogP) is 2.59.